The maximum atomic E-state index is 12.9. The van der Waals surface area contributed by atoms with E-state index in [9.17, 15) is 13.2 Å². The molecule has 1 aliphatic rings. The third-order valence-corrected chi connectivity index (χ3v) is 6.19. The van der Waals surface area contributed by atoms with E-state index in [4.69, 9.17) is 0 Å². The van der Waals surface area contributed by atoms with E-state index >= 15 is 0 Å². The van der Waals surface area contributed by atoms with E-state index in [0.29, 0.717) is 43.5 Å². The van der Waals surface area contributed by atoms with Crippen molar-refractivity contribution in [3.05, 3.63) is 29.3 Å². The molecule has 1 heterocycles. The second-order valence-electron chi connectivity index (χ2n) is 6.74. The van der Waals surface area contributed by atoms with Gasteiger partial charge in [-0.05, 0) is 37.0 Å². The van der Waals surface area contributed by atoms with Gasteiger partial charge in [-0.1, -0.05) is 26.0 Å². The number of nitrogens with one attached hydrogen (secondary N) is 1. The first-order chi connectivity index (χ1) is 11.2. The molecule has 1 aromatic carbocycles. The quantitative estimate of drug-likeness (QED) is 0.900. The maximum absolute atomic E-state index is 12.9. The second-order valence-corrected chi connectivity index (χ2v) is 8.65. The summed E-state index contributed by atoms with van der Waals surface area (Å²) in [7, 11) is -3.52. The van der Waals surface area contributed by atoms with Gasteiger partial charge in [-0.15, -0.1) is 0 Å². The number of urea groups is 1. The summed E-state index contributed by atoms with van der Waals surface area (Å²) in [6, 6.07) is 5.34. The van der Waals surface area contributed by atoms with Crippen LogP contribution < -0.4 is 5.32 Å². The van der Waals surface area contributed by atoms with Crippen LogP contribution in [0.25, 0.3) is 0 Å². The van der Waals surface area contributed by atoms with Gasteiger partial charge in [0.1, 0.15) is 0 Å². The third kappa shape index (κ3) is 4.27. The van der Waals surface area contributed by atoms with E-state index < -0.39 is 10.0 Å². The topological polar surface area (TPSA) is 69.7 Å². The number of piperazine rings is 1. The first-order valence-electron chi connectivity index (χ1n) is 8.32. The zero-order chi connectivity index (χ0) is 17.9. The fourth-order valence-corrected chi connectivity index (χ4v) is 4.39. The van der Waals surface area contributed by atoms with Crippen LogP contribution in [0.5, 0.6) is 0 Å². The van der Waals surface area contributed by atoms with Crippen LogP contribution in [0.1, 0.15) is 25.0 Å². The Kier molecular flexibility index (Phi) is 5.87. The second kappa shape index (κ2) is 7.53. The lowest BCUT2D eigenvalue weighted by atomic mass is 10.2. The fourth-order valence-electron chi connectivity index (χ4n) is 2.66. The largest absolute Gasteiger partial charge is 0.338 e. The molecule has 0 saturated carbocycles. The average Bonchev–Trinajstić information content (AvgIpc) is 2.54. The predicted molar refractivity (Wildman–Crippen MR) is 94.5 cm³/mol. The number of nitrogens with zero attached hydrogens (tertiary/aromatic N) is 2. The molecule has 0 radical (unpaired) electrons. The molecule has 1 N–H and O–H groups in total. The molecule has 0 aliphatic carbocycles. The Bertz CT molecular complexity index is 693. The summed E-state index contributed by atoms with van der Waals surface area (Å²) in [6.45, 7) is 9.86. The van der Waals surface area contributed by atoms with Crippen molar-refractivity contribution >= 4 is 16.1 Å². The molecular weight excluding hydrogens is 326 g/mol. The minimum atomic E-state index is -3.52. The lowest BCUT2D eigenvalue weighted by molar-refractivity contribution is 0.171. The molecule has 1 fully saturated rings. The van der Waals surface area contributed by atoms with Crippen molar-refractivity contribution in [2.24, 2.45) is 5.92 Å². The Balaban J connectivity index is 2.03. The van der Waals surface area contributed by atoms with Gasteiger partial charge < -0.3 is 10.2 Å². The van der Waals surface area contributed by atoms with Crippen LogP contribution in [-0.2, 0) is 10.0 Å². The molecule has 0 atom stereocenters. The Morgan fingerprint density at radius 1 is 1.17 bits per heavy atom. The number of benzene rings is 1. The van der Waals surface area contributed by atoms with Gasteiger partial charge in [0.25, 0.3) is 0 Å². The highest BCUT2D eigenvalue weighted by molar-refractivity contribution is 7.89. The number of sulfonamides is 1. The summed E-state index contributed by atoms with van der Waals surface area (Å²) < 4.78 is 27.2. The zero-order valence-electron chi connectivity index (χ0n) is 14.9. The van der Waals surface area contributed by atoms with Crippen LogP contribution in [-0.4, -0.2) is 56.4 Å². The van der Waals surface area contributed by atoms with Crippen molar-refractivity contribution < 1.29 is 13.2 Å². The van der Waals surface area contributed by atoms with Gasteiger partial charge in [0.15, 0.2) is 0 Å². The highest BCUT2D eigenvalue weighted by atomic mass is 32.2. The number of carbonyl (C=O) groups excluding carboxylic acids is 1. The van der Waals surface area contributed by atoms with Gasteiger partial charge >= 0.3 is 6.03 Å². The predicted octanol–water partition coefficient (Wildman–Crippen LogP) is 1.98. The van der Waals surface area contributed by atoms with Crippen molar-refractivity contribution in [3.63, 3.8) is 0 Å². The molecular formula is C17H27N3O3S. The Morgan fingerprint density at radius 3 is 2.38 bits per heavy atom. The summed E-state index contributed by atoms with van der Waals surface area (Å²) in [4.78, 5) is 14.1. The summed E-state index contributed by atoms with van der Waals surface area (Å²) >= 11 is 0. The molecule has 0 bridgehead atoms. The van der Waals surface area contributed by atoms with Crippen LogP contribution >= 0.6 is 0 Å². The molecule has 0 unspecified atom stereocenters. The average molecular weight is 353 g/mol. The Morgan fingerprint density at radius 2 is 1.79 bits per heavy atom. The summed E-state index contributed by atoms with van der Waals surface area (Å²) in [5, 5.41) is 2.87. The van der Waals surface area contributed by atoms with Crippen molar-refractivity contribution in [2.75, 3.05) is 32.7 Å². The molecule has 2 rings (SSSR count). The number of amides is 2. The van der Waals surface area contributed by atoms with Crippen LogP contribution in [0, 0.1) is 19.8 Å². The monoisotopic (exact) mass is 353 g/mol. The zero-order valence-corrected chi connectivity index (χ0v) is 15.7. The van der Waals surface area contributed by atoms with Crippen molar-refractivity contribution in [2.45, 2.75) is 32.6 Å². The maximum Gasteiger partial charge on any atom is 0.317 e. The molecule has 2 amide bonds. The van der Waals surface area contributed by atoms with Crippen LogP contribution in [0.15, 0.2) is 23.1 Å². The van der Waals surface area contributed by atoms with Crippen molar-refractivity contribution in [1.29, 1.82) is 0 Å². The van der Waals surface area contributed by atoms with E-state index in [1.54, 1.807) is 11.0 Å². The van der Waals surface area contributed by atoms with E-state index in [0.717, 1.165) is 11.1 Å². The van der Waals surface area contributed by atoms with Gasteiger partial charge in [-0.3, -0.25) is 0 Å². The smallest absolute Gasteiger partial charge is 0.317 e. The van der Waals surface area contributed by atoms with Gasteiger partial charge in [0.05, 0.1) is 4.90 Å². The minimum absolute atomic E-state index is 0.118. The molecule has 0 spiro atoms. The number of carbonyl (C=O) groups is 1. The van der Waals surface area contributed by atoms with E-state index in [-0.39, 0.29) is 6.03 Å². The highest BCUT2D eigenvalue weighted by Gasteiger charge is 2.31. The van der Waals surface area contributed by atoms with E-state index in [1.807, 2.05) is 39.8 Å². The number of hydrogen-bond donors (Lipinski definition) is 1. The first kappa shape index (κ1) is 18.7. The molecule has 1 aromatic rings. The van der Waals surface area contributed by atoms with Crippen molar-refractivity contribution in [3.8, 4) is 0 Å². The number of hydrogen-bond acceptors (Lipinski definition) is 3. The van der Waals surface area contributed by atoms with Gasteiger partial charge in [-0.2, -0.15) is 4.31 Å². The molecule has 1 aliphatic heterocycles. The van der Waals surface area contributed by atoms with E-state index in [2.05, 4.69) is 5.32 Å². The van der Waals surface area contributed by atoms with Gasteiger partial charge in [0, 0.05) is 32.7 Å². The van der Waals surface area contributed by atoms with Gasteiger partial charge in [0.2, 0.25) is 10.0 Å². The normalized spacial score (nSPS) is 16.5. The molecule has 7 heteroatoms. The first-order valence-corrected chi connectivity index (χ1v) is 9.76. The molecule has 1 saturated heterocycles. The lowest BCUT2D eigenvalue weighted by Crippen LogP contribution is -2.53. The summed E-state index contributed by atoms with van der Waals surface area (Å²) in [5.74, 6) is 0.389. The highest BCUT2D eigenvalue weighted by Crippen LogP contribution is 2.22. The summed E-state index contributed by atoms with van der Waals surface area (Å²) in [5.41, 5.74) is 1.67. The van der Waals surface area contributed by atoms with Gasteiger partial charge in [-0.25, -0.2) is 13.2 Å². The Hall–Kier alpha value is -1.60. The van der Waals surface area contributed by atoms with Crippen LogP contribution in [0.4, 0.5) is 4.79 Å². The SMILES string of the molecule is Cc1ccc(C)c(S(=O)(=O)N2CCN(C(=O)NCC(C)C)CC2)c1. The lowest BCUT2D eigenvalue weighted by Gasteiger charge is -2.34. The van der Waals surface area contributed by atoms with Crippen LogP contribution in [0.3, 0.4) is 0 Å². The standard InChI is InChI=1S/C17H27N3O3S/c1-13(2)12-18-17(21)19-7-9-20(10-8-19)24(22,23)16-11-14(3)5-6-15(16)4/h5-6,11,13H,7-10,12H2,1-4H3,(H,18,21). The molecule has 6 nitrogen and oxygen atoms in total. The molecule has 24 heavy (non-hydrogen) atoms. The number of rotatable bonds is 4. The fraction of sp³-hybridized carbons (Fsp3) is 0.588. The van der Waals surface area contributed by atoms with Crippen molar-refractivity contribution in [1.82, 2.24) is 14.5 Å². The molecule has 134 valence electrons. The van der Waals surface area contributed by atoms with Crippen LogP contribution in [0.2, 0.25) is 0 Å². The molecule has 0 aromatic heterocycles. The van der Waals surface area contributed by atoms with E-state index in [1.165, 1.54) is 4.31 Å². The minimum Gasteiger partial charge on any atom is -0.338 e. The third-order valence-electron chi connectivity index (χ3n) is 4.15. The number of aryl methyl sites for hydroxylation is 2. The summed E-state index contributed by atoms with van der Waals surface area (Å²) in [6.07, 6.45) is 0. The Labute approximate surface area is 144 Å².